The van der Waals surface area contributed by atoms with Crippen LogP contribution in [0.4, 0.5) is 4.39 Å². The Hall–Kier alpha value is -2.17. The van der Waals surface area contributed by atoms with E-state index in [0.29, 0.717) is 6.54 Å². The van der Waals surface area contributed by atoms with E-state index in [2.05, 4.69) is 16.6 Å². The lowest BCUT2D eigenvalue weighted by atomic mass is 10.0. The third kappa shape index (κ3) is 3.32. The average molecular weight is 356 g/mol. The van der Waals surface area contributed by atoms with Gasteiger partial charge in [-0.25, -0.2) is 4.39 Å². The first kappa shape index (κ1) is 16.3. The van der Waals surface area contributed by atoms with Crippen LogP contribution in [0, 0.1) is 5.82 Å². The molecule has 0 spiro atoms. The fraction of sp³-hybridized carbons (Fsp3) is 0.250. The Balaban J connectivity index is 1.76. The van der Waals surface area contributed by atoms with Gasteiger partial charge in [0.1, 0.15) is 5.82 Å². The van der Waals surface area contributed by atoms with Crippen molar-refractivity contribution in [3.63, 3.8) is 0 Å². The molecule has 1 aliphatic rings. The van der Waals surface area contributed by atoms with Gasteiger partial charge in [0.15, 0.2) is 0 Å². The normalized spacial score (nSPS) is 14.5. The summed E-state index contributed by atoms with van der Waals surface area (Å²) in [5.41, 5.74) is 5.60. The van der Waals surface area contributed by atoms with Crippen molar-refractivity contribution in [3.8, 4) is 11.3 Å². The number of benzene rings is 2. The number of likely N-dealkylation sites (N-methyl/N-ethyl adjacent to an activating group) is 1. The van der Waals surface area contributed by atoms with Gasteiger partial charge >= 0.3 is 0 Å². The number of rotatable bonds is 3. The zero-order valence-electron chi connectivity index (χ0n) is 14.0. The Bertz CT molecular complexity index is 885. The first-order valence-corrected chi connectivity index (χ1v) is 8.75. The first-order valence-electron chi connectivity index (χ1n) is 8.37. The van der Waals surface area contributed by atoms with Gasteiger partial charge < -0.3 is 4.90 Å². The molecule has 0 fully saturated rings. The lowest BCUT2D eigenvalue weighted by Gasteiger charge is -2.23. The van der Waals surface area contributed by atoms with Crippen LogP contribution in [-0.2, 0) is 19.5 Å². The average Bonchev–Trinajstić information content (AvgIpc) is 2.95. The molecule has 1 aliphatic heterocycles. The predicted molar refractivity (Wildman–Crippen MR) is 98.2 cm³/mol. The summed E-state index contributed by atoms with van der Waals surface area (Å²) in [6, 6.07) is 14.5. The molecule has 0 N–H and O–H groups in total. The van der Waals surface area contributed by atoms with E-state index in [1.165, 1.54) is 29.0 Å². The molecule has 0 saturated heterocycles. The summed E-state index contributed by atoms with van der Waals surface area (Å²) < 4.78 is 15.4. The Morgan fingerprint density at radius 3 is 2.52 bits per heavy atom. The number of nitrogens with zero attached hydrogens (tertiary/aromatic N) is 3. The van der Waals surface area contributed by atoms with E-state index < -0.39 is 0 Å². The van der Waals surface area contributed by atoms with Crippen molar-refractivity contribution in [3.05, 3.63) is 76.2 Å². The second kappa shape index (κ2) is 6.62. The highest BCUT2D eigenvalue weighted by Crippen LogP contribution is 2.30. The van der Waals surface area contributed by atoms with Gasteiger partial charge in [-0.1, -0.05) is 23.7 Å². The molecule has 128 valence electrons. The van der Waals surface area contributed by atoms with E-state index in [4.69, 9.17) is 16.7 Å². The van der Waals surface area contributed by atoms with Gasteiger partial charge in [0, 0.05) is 41.4 Å². The summed E-state index contributed by atoms with van der Waals surface area (Å²) in [6.45, 7) is 2.59. The van der Waals surface area contributed by atoms with Crippen LogP contribution in [0.3, 0.4) is 0 Å². The maximum Gasteiger partial charge on any atom is 0.123 e. The van der Waals surface area contributed by atoms with Crippen molar-refractivity contribution in [1.82, 2.24) is 14.7 Å². The number of hydrogen-bond donors (Lipinski definition) is 0. The van der Waals surface area contributed by atoms with Crippen LogP contribution in [0.5, 0.6) is 0 Å². The second-order valence-electron chi connectivity index (χ2n) is 6.55. The van der Waals surface area contributed by atoms with Crippen LogP contribution < -0.4 is 0 Å². The fourth-order valence-corrected chi connectivity index (χ4v) is 3.48. The largest absolute Gasteiger partial charge is 0.302 e. The first-order chi connectivity index (χ1) is 12.1. The molecule has 0 unspecified atom stereocenters. The maximum absolute atomic E-state index is 13.3. The third-order valence-electron chi connectivity index (χ3n) is 4.69. The SMILES string of the molecule is CN1CCc2c(c(-c3ccc(F)cc3)nn2Cc2ccc(Cl)cc2)C1. The van der Waals surface area contributed by atoms with Gasteiger partial charge in [0.05, 0.1) is 12.2 Å². The minimum absolute atomic E-state index is 0.227. The molecule has 3 aromatic rings. The molecule has 0 atom stereocenters. The van der Waals surface area contributed by atoms with Crippen LogP contribution in [-0.4, -0.2) is 28.3 Å². The number of hydrogen-bond acceptors (Lipinski definition) is 2. The lowest BCUT2D eigenvalue weighted by molar-refractivity contribution is 0.308. The lowest BCUT2D eigenvalue weighted by Crippen LogP contribution is -2.27. The Morgan fingerprint density at radius 2 is 1.80 bits per heavy atom. The van der Waals surface area contributed by atoms with Gasteiger partial charge in [-0.3, -0.25) is 4.68 Å². The van der Waals surface area contributed by atoms with Crippen molar-refractivity contribution in [2.75, 3.05) is 13.6 Å². The molecule has 0 saturated carbocycles. The quantitative estimate of drug-likeness (QED) is 0.695. The van der Waals surface area contributed by atoms with Crippen LogP contribution in [0.25, 0.3) is 11.3 Å². The fourth-order valence-electron chi connectivity index (χ4n) is 3.36. The van der Waals surface area contributed by atoms with Gasteiger partial charge in [-0.15, -0.1) is 0 Å². The van der Waals surface area contributed by atoms with Crippen molar-refractivity contribution in [2.45, 2.75) is 19.5 Å². The van der Waals surface area contributed by atoms with Crippen molar-refractivity contribution >= 4 is 11.6 Å². The molecule has 0 amide bonds. The summed E-state index contributed by atoms with van der Waals surface area (Å²) in [5.74, 6) is -0.227. The molecule has 0 radical (unpaired) electrons. The van der Waals surface area contributed by atoms with Gasteiger partial charge in [0.25, 0.3) is 0 Å². The van der Waals surface area contributed by atoms with Gasteiger partial charge in [-0.05, 0) is 49.0 Å². The van der Waals surface area contributed by atoms with E-state index in [1.54, 1.807) is 12.1 Å². The van der Waals surface area contributed by atoms with Crippen LogP contribution in [0.15, 0.2) is 48.5 Å². The van der Waals surface area contributed by atoms with Crippen LogP contribution in [0.2, 0.25) is 5.02 Å². The van der Waals surface area contributed by atoms with E-state index in [1.807, 2.05) is 24.3 Å². The van der Waals surface area contributed by atoms with Crippen molar-refractivity contribution in [1.29, 1.82) is 0 Å². The number of fused-ring (bicyclic) bond motifs is 1. The summed E-state index contributed by atoms with van der Waals surface area (Å²) in [4.78, 5) is 2.30. The molecule has 2 aromatic carbocycles. The highest BCUT2D eigenvalue weighted by atomic mass is 35.5. The molecule has 25 heavy (non-hydrogen) atoms. The van der Waals surface area contributed by atoms with E-state index in [-0.39, 0.29) is 5.82 Å². The predicted octanol–water partition coefficient (Wildman–Crippen LogP) is 4.38. The summed E-state index contributed by atoms with van der Waals surface area (Å²) in [5, 5.41) is 5.61. The van der Waals surface area contributed by atoms with E-state index in [9.17, 15) is 4.39 Å². The Kier molecular flexibility index (Phi) is 4.32. The minimum atomic E-state index is -0.227. The number of aromatic nitrogens is 2. The molecular formula is C20H19ClFN3. The summed E-state index contributed by atoms with van der Waals surface area (Å²) in [6.07, 6.45) is 0.966. The topological polar surface area (TPSA) is 21.1 Å². The zero-order valence-corrected chi connectivity index (χ0v) is 14.8. The van der Waals surface area contributed by atoms with Crippen LogP contribution in [0.1, 0.15) is 16.8 Å². The monoisotopic (exact) mass is 355 g/mol. The molecule has 4 rings (SSSR count). The molecule has 5 heteroatoms. The van der Waals surface area contributed by atoms with Crippen molar-refractivity contribution in [2.24, 2.45) is 0 Å². The van der Waals surface area contributed by atoms with E-state index in [0.717, 1.165) is 35.8 Å². The second-order valence-corrected chi connectivity index (χ2v) is 6.99. The van der Waals surface area contributed by atoms with Gasteiger partial charge in [-0.2, -0.15) is 5.10 Å². The van der Waals surface area contributed by atoms with Crippen LogP contribution >= 0.6 is 11.6 Å². The molecule has 0 bridgehead atoms. The third-order valence-corrected chi connectivity index (χ3v) is 4.94. The molecular weight excluding hydrogens is 337 g/mol. The maximum atomic E-state index is 13.3. The van der Waals surface area contributed by atoms with E-state index >= 15 is 0 Å². The summed E-state index contributed by atoms with van der Waals surface area (Å²) in [7, 11) is 2.12. The summed E-state index contributed by atoms with van der Waals surface area (Å²) >= 11 is 5.98. The van der Waals surface area contributed by atoms with Crippen molar-refractivity contribution < 1.29 is 4.39 Å². The molecule has 2 heterocycles. The highest BCUT2D eigenvalue weighted by molar-refractivity contribution is 6.30. The minimum Gasteiger partial charge on any atom is -0.302 e. The highest BCUT2D eigenvalue weighted by Gasteiger charge is 2.24. The smallest absolute Gasteiger partial charge is 0.123 e. The molecule has 0 aliphatic carbocycles. The molecule has 3 nitrogen and oxygen atoms in total. The van der Waals surface area contributed by atoms with Gasteiger partial charge in [0.2, 0.25) is 0 Å². The standard InChI is InChI=1S/C20H19ClFN3/c1-24-11-10-19-18(13-24)20(15-4-8-17(22)9-5-15)23-25(19)12-14-2-6-16(21)7-3-14/h2-9H,10-13H2,1H3. The zero-order chi connectivity index (χ0) is 17.4. The molecule has 1 aromatic heterocycles. The Labute approximate surface area is 151 Å². The Morgan fingerprint density at radius 1 is 1.08 bits per heavy atom. The number of halogens is 2.